The fourth-order valence-corrected chi connectivity index (χ4v) is 4.73. The number of ether oxygens (including phenoxy) is 1. The van der Waals surface area contributed by atoms with Crippen molar-refractivity contribution >= 4 is 11.9 Å². The number of likely N-dealkylation sites (tertiary alicyclic amines) is 1. The van der Waals surface area contributed by atoms with Gasteiger partial charge in [-0.3, -0.25) is 14.5 Å². The number of aliphatic carboxylic acids is 1. The SMILES string of the molecule is COc1ccc(C(NC(=O)CN2C[C@@H]3CCC[C@@]3(C(=O)O)C2)C(C)C)cc1. The number of benzene rings is 1. The first kappa shape index (κ1) is 19.7. The molecule has 3 rings (SSSR count). The van der Waals surface area contributed by atoms with Gasteiger partial charge in [0.25, 0.3) is 0 Å². The van der Waals surface area contributed by atoms with E-state index in [1.165, 1.54) is 0 Å². The average Bonchev–Trinajstić information content (AvgIpc) is 3.17. The van der Waals surface area contributed by atoms with E-state index in [4.69, 9.17) is 4.74 Å². The fraction of sp³-hybridized carbons (Fsp3) is 0.619. The van der Waals surface area contributed by atoms with Crippen molar-refractivity contribution in [2.24, 2.45) is 17.3 Å². The van der Waals surface area contributed by atoms with Crippen LogP contribution in [0.25, 0.3) is 0 Å². The molecule has 1 unspecified atom stereocenters. The third-order valence-electron chi connectivity index (χ3n) is 6.19. The number of rotatable bonds is 7. The zero-order chi connectivity index (χ0) is 19.6. The molecule has 0 bridgehead atoms. The highest BCUT2D eigenvalue weighted by molar-refractivity contribution is 5.80. The third kappa shape index (κ3) is 3.95. The summed E-state index contributed by atoms with van der Waals surface area (Å²) >= 11 is 0. The maximum Gasteiger partial charge on any atom is 0.311 e. The van der Waals surface area contributed by atoms with Crippen LogP contribution < -0.4 is 10.1 Å². The second-order valence-electron chi connectivity index (χ2n) is 8.28. The molecular weight excluding hydrogens is 344 g/mol. The molecule has 2 aliphatic rings. The molecule has 6 nitrogen and oxygen atoms in total. The Morgan fingerprint density at radius 2 is 2.04 bits per heavy atom. The Hall–Kier alpha value is -2.08. The van der Waals surface area contributed by atoms with Gasteiger partial charge in [-0.15, -0.1) is 0 Å². The number of carboxylic acid groups (broad SMARTS) is 1. The van der Waals surface area contributed by atoms with Gasteiger partial charge in [0, 0.05) is 13.1 Å². The van der Waals surface area contributed by atoms with Gasteiger partial charge in [-0.25, -0.2) is 0 Å². The van der Waals surface area contributed by atoms with Crippen molar-refractivity contribution < 1.29 is 19.4 Å². The molecule has 3 atom stereocenters. The molecule has 0 spiro atoms. The molecule has 2 fully saturated rings. The molecule has 27 heavy (non-hydrogen) atoms. The Morgan fingerprint density at radius 1 is 1.33 bits per heavy atom. The zero-order valence-electron chi connectivity index (χ0n) is 16.4. The summed E-state index contributed by atoms with van der Waals surface area (Å²) in [5.41, 5.74) is 0.396. The highest BCUT2D eigenvalue weighted by Gasteiger charge is 2.54. The summed E-state index contributed by atoms with van der Waals surface area (Å²) in [6.07, 6.45) is 2.65. The van der Waals surface area contributed by atoms with Gasteiger partial charge in [0.05, 0.1) is 25.1 Å². The molecule has 0 aromatic heterocycles. The van der Waals surface area contributed by atoms with Crippen LogP contribution in [0.2, 0.25) is 0 Å². The lowest BCUT2D eigenvalue weighted by Gasteiger charge is -2.26. The van der Waals surface area contributed by atoms with Gasteiger partial charge in [-0.1, -0.05) is 32.4 Å². The van der Waals surface area contributed by atoms with Crippen LogP contribution in [-0.4, -0.2) is 48.6 Å². The first-order chi connectivity index (χ1) is 12.9. The first-order valence-corrected chi connectivity index (χ1v) is 9.75. The Bertz CT molecular complexity index is 688. The average molecular weight is 374 g/mol. The topological polar surface area (TPSA) is 78.9 Å². The maximum atomic E-state index is 12.7. The van der Waals surface area contributed by atoms with Gasteiger partial charge < -0.3 is 15.2 Å². The molecule has 6 heteroatoms. The highest BCUT2D eigenvalue weighted by atomic mass is 16.5. The van der Waals surface area contributed by atoms with E-state index in [0.29, 0.717) is 13.1 Å². The minimum Gasteiger partial charge on any atom is -0.497 e. The van der Waals surface area contributed by atoms with Crippen LogP contribution in [0.3, 0.4) is 0 Å². The van der Waals surface area contributed by atoms with Crippen molar-refractivity contribution in [3.05, 3.63) is 29.8 Å². The molecule has 1 aliphatic carbocycles. The lowest BCUT2D eigenvalue weighted by molar-refractivity contribution is -0.149. The number of nitrogens with one attached hydrogen (secondary N) is 1. The summed E-state index contributed by atoms with van der Waals surface area (Å²) in [5.74, 6) is 0.447. The largest absolute Gasteiger partial charge is 0.497 e. The van der Waals surface area contributed by atoms with Gasteiger partial charge in [0.2, 0.25) is 5.91 Å². The summed E-state index contributed by atoms with van der Waals surface area (Å²) in [7, 11) is 1.63. The third-order valence-corrected chi connectivity index (χ3v) is 6.19. The molecule has 1 heterocycles. The number of fused-ring (bicyclic) bond motifs is 1. The van der Waals surface area contributed by atoms with Crippen LogP contribution >= 0.6 is 0 Å². The lowest BCUT2D eigenvalue weighted by atomic mass is 9.81. The van der Waals surface area contributed by atoms with E-state index < -0.39 is 11.4 Å². The van der Waals surface area contributed by atoms with Crippen molar-refractivity contribution in [1.82, 2.24) is 10.2 Å². The van der Waals surface area contributed by atoms with Crippen molar-refractivity contribution in [2.75, 3.05) is 26.7 Å². The predicted octanol–water partition coefficient (Wildman–Crippen LogP) is 2.70. The van der Waals surface area contributed by atoms with Crippen LogP contribution in [0.4, 0.5) is 0 Å². The van der Waals surface area contributed by atoms with Crippen molar-refractivity contribution in [2.45, 2.75) is 39.2 Å². The molecule has 1 saturated carbocycles. The minimum atomic E-state index is -0.703. The predicted molar refractivity (Wildman–Crippen MR) is 103 cm³/mol. The number of hydrogen-bond acceptors (Lipinski definition) is 4. The second kappa shape index (κ2) is 7.89. The molecule has 1 saturated heterocycles. The number of hydrogen-bond donors (Lipinski definition) is 2. The standard InChI is InChI=1S/C21H30N2O4/c1-14(2)19(15-6-8-17(27-3)9-7-15)22-18(24)12-23-11-16-5-4-10-21(16,13-23)20(25)26/h6-9,14,16,19H,4-5,10-13H2,1-3H3,(H,22,24)(H,25,26)/t16-,19?,21+/m0/s1. The van der Waals surface area contributed by atoms with Gasteiger partial charge in [-0.05, 0) is 42.4 Å². The zero-order valence-corrected chi connectivity index (χ0v) is 16.4. The summed E-state index contributed by atoms with van der Waals surface area (Å²) in [4.78, 5) is 26.5. The molecule has 2 N–H and O–H groups in total. The summed E-state index contributed by atoms with van der Waals surface area (Å²) in [6, 6.07) is 7.66. The molecular formula is C21H30N2O4. The fourth-order valence-electron chi connectivity index (χ4n) is 4.73. The van der Waals surface area contributed by atoms with E-state index in [1.807, 2.05) is 29.2 Å². The van der Waals surface area contributed by atoms with E-state index in [9.17, 15) is 14.7 Å². The number of amides is 1. The first-order valence-electron chi connectivity index (χ1n) is 9.75. The Kier molecular flexibility index (Phi) is 5.75. The van der Waals surface area contributed by atoms with Gasteiger partial charge in [-0.2, -0.15) is 0 Å². The van der Waals surface area contributed by atoms with Crippen molar-refractivity contribution in [3.8, 4) is 5.75 Å². The molecule has 1 amide bonds. The molecule has 1 aliphatic heterocycles. The van der Waals surface area contributed by atoms with E-state index in [1.54, 1.807) is 7.11 Å². The summed E-state index contributed by atoms with van der Waals surface area (Å²) < 4.78 is 5.20. The van der Waals surface area contributed by atoms with Crippen LogP contribution in [0, 0.1) is 17.3 Å². The number of carboxylic acids is 1. The maximum absolute atomic E-state index is 12.7. The quantitative estimate of drug-likeness (QED) is 0.767. The Labute approximate surface area is 160 Å². The Morgan fingerprint density at radius 3 is 2.59 bits per heavy atom. The lowest BCUT2D eigenvalue weighted by Crippen LogP contribution is -2.41. The van der Waals surface area contributed by atoms with Crippen LogP contribution in [-0.2, 0) is 9.59 Å². The smallest absolute Gasteiger partial charge is 0.311 e. The van der Waals surface area contributed by atoms with E-state index >= 15 is 0 Å². The number of methoxy groups -OCH3 is 1. The van der Waals surface area contributed by atoms with Gasteiger partial charge in [0.15, 0.2) is 0 Å². The van der Waals surface area contributed by atoms with Crippen LogP contribution in [0.15, 0.2) is 24.3 Å². The number of nitrogens with zero attached hydrogens (tertiary/aromatic N) is 1. The molecule has 1 aromatic carbocycles. The summed E-state index contributed by atoms with van der Waals surface area (Å²) in [6.45, 7) is 5.60. The van der Waals surface area contributed by atoms with Crippen LogP contribution in [0.5, 0.6) is 5.75 Å². The monoisotopic (exact) mass is 374 g/mol. The summed E-state index contributed by atoms with van der Waals surface area (Å²) in [5, 5.41) is 12.8. The van der Waals surface area contributed by atoms with E-state index in [2.05, 4.69) is 19.2 Å². The normalized spacial score (nSPS) is 26.0. The van der Waals surface area contributed by atoms with Gasteiger partial charge >= 0.3 is 5.97 Å². The second-order valence-corrected chi connectivity index (χ2v) is 8.28. The van der Waals surface area contributed by atoms with E-state index in [-0.39, 0.29) is 30.3 Å². The highest BCUT2D eigenvalue weighted by Crippen LogP contribution is 2.48. The molecule has 0 radical (unpaired) electrons. The van der Waals surface area contributed by atoms with Crippen molar-refractivity contribution in [1.29, 1.82) is 0 Å². The van der Waals surface area contributed by atoms with E-state index in [0.717, 1.165) is 30.6 Å². The molecule has 148 valence electrons. The van der Waals surface area contributed by atoms with Gasteiger partial charge in [0.1, 0.15) is 5.75 Å². The minimum absolute atomic E-state index is 0.0509. The van der Waals surface area contributed by atoms with Crippen molar-refractivity contribution in [3.63, 3.8) is 0 Å². The van der Waals surface area contributed by atoms with Crippen LogP contribution in [0.1, 0.15) is 44.7 Å². The number of carbonyl (C=O) groups excluding carboxylic acids is 1. The molecule has 1 aromatic rings. The Balaban J connectivity index is 1.62. The number of carbonyl (C=O) groups is 2.